The van der Waals surface area contributed by atoms with Crippen LogP contribution in [0.2, 0.25) is 0 Å². The molecule has 4 rings (SSSR count). The molecule has 9 atom stereocenters. The first-order chi connectivity index (χ1) is 10.4. The molecule has 0 aromatic carbocycles. The summed E-state index contributed by atoms with van der Waals surface area (Å²) in [7, 11) is 0. The molecule has 4 aliphatic rings. The molecule has 0 spiro atoms. The molecule has 2 heteroatoms. The van der Waals surface area contributed by atoms with Gasteiger partial charge in [0.2, 0.25) is 0 Å². The van der Waals surface area contributed by atoms with Gasteiger partial charge in [-0.15, -0.1) is 0 Å². The predicted octanol–water partition coefficient (Wildman–Crippen LogP) is 4.97. The monoisotopic (exact) mass is 308 g/mol. The van der Waals surface area contributed by atoms with Gasteiger partial charge in [-0.1, -0.05) is 20.8 Å². The van der Waals surface area contributed by atoms with E-state index in [9.17, 15) is 9.50 Å². The van der Waals surface area contributed by atoms with Gasteiger partial charge in [0.25, 0.3) is 0 Å². The van der Waals surface area contributed by atoms with E-state index < -0.39 is 6.17 Å². The molecule has 0 saturated heterocycles. The maximum atomic E-state index is 14.5. The fourth-order valence-electron chi connectivity index (χ4n) is 7.43. The molecule has 1 N–H and O–H groups in total. The van der Waals surface area contributed by atoms with E-state index in [-0.39, 0.29) is 11.5 Å². The van der Waals surface area contributed by atoms with Crippen molar-refractivity contribution < 1.29 is 9.50 Å². The minimum atomic E-state index is -0.569. The van der Waals surface area contributed by atoms with Gasteiger partial charge in [-0.25, -0.2) is 4.39 Å². The molecule has 0 aromatic heterocycles. The second-order valence-corrected chi connectivity index (χ2v) is 9.73. The summed E-state index contributed by atoms with van der Waals surface area (Å²) in [6, 6.07) is 0. The molecule has 0 aromatic rings. The largest absolute Gasteiger partial charge is 0.393 e. The number of rotatable bonds is 0. The molecule has 126 valence electrons. The highest BCUT2D eigenvalue weighted by atomic mass is 19.1. The number of aliphatic hydroxyl groups excluding tert-OH is 1. The topological polar surface area (TPSA) is 20.2 Å². The number of alkyl halides is 1. The Hall–Kier alpha value is -0.110. The molecular formula is C20H33FO. The van der Waals surface area contributed by atoms with Gasteiger partial charge in [0.1, 0.15) is 6.17 Å². The smallest absolute Gasteiger partial charge is 0.106 e. The van der Waals surface area contributed by atoms with Crippen LogP contribution in [0.1, 0.15) is 72.1 Å². The third-order valence-electron chi connectivity index (χ3n) is 8.91. The summed E-state index contributed by atoms with van der Waals surface area (Å²) in [5.74, 6) is 3.32. The summed E-state index contributed by atoms with van der Waals surface area (Å²) in [6.07, 6.45) is 8.32. The van der Waals surface area contributed by atoms with Gasteiger partial charge in [0, 0.05) is 5.41 Å². The Balaban J connectivity index is 1.63. The molecule has 4 fully saturated rings. The van der Waals surface area contributed by atoms with Crippen molar-refractivity contribution in [3.8, 4) is 0 Å². The Morgan fingerprint density at radius 2 is 1.68 bits per heavy atom. The fourth-order valence-corrected chi connectivity index (χ4v) is 7.43. The van der Waals surface area contributed by atoms with Crippen LogP contribution in [0.25, 0.3) is 0 Å². The average Bonchev–Trinajstić information content (AvgIpc) is 2.77. The third-order valence-corrected chi connectivity index (χ3v) is 8.91. The number of aliphatic hydroxyl groups is 1. The lowest BCUT2D eigenvalue weighted by atomic mass is 9.44. The number of hydrogen-bond donors (Lipinski definition) is 1. The third kappa shape index (κ3) is 1.91. The molecule has 0 amide bonds. The Morgan fingerprint density at radius 3 is 2.45 bits per heavy atom. The fraction of sp³-hybridized carbons (Fsp3) is 1.00. The molecule has 22 heavy (non-hydrogen) atoms. The molecule has 4 unspecified atom stereocenters. The molecule has 0 bridgehead atoms. The van der Waals surface area contributed by atoms with Crippen molar-refractivity contribution in [3.05, 3.63) is 0 Å². The van der Waals surface area contributed by atoms with E-state index >= 15 is 0 Å². The van der Waals surface area contributed by atoms with E-state index in [2.05, 4.69) is 20.8 Å². The SMILES string of the molecule is CC1CC2CC[C@@H]3[C@@H](CC[C@]4(C)C(F)CC[C@@H]34)[C@@]2(C)CC1O. The van der Waals surface area contributed by atoms with Crippen LogP contribution in [0.3, 0.4) is 0 Å². The zero-order chi connectivity index (χ0) is 15.7. The van der Waals surface area contributed by atoms with Crippen molar-refractivity contribution in [1.82, 2.24) is 0 Å². The zero-order valence-corrected chi connectivity index (χ0v) is 14.5. The van der Waals surface area contributed by atoms with Gasteiger partial charge in [-0.2, -0.15) is 0 Å². The number of hydrogen-bond acceptors (Lipinski definition) is 1. The second kappa shape index (κ2) is 4.94. The maximum absolute atomic E-state index is 14.5. The van der Waals surface area contributed by atoms with Crippen molar-refractivity contribution in [2.45, 2.75) is 84.4 Å². The van der Waals surface area contributed by atoms with Gasteiger partial charge in [-0.05, 0) is 86.4 Å². The van der Waals surface area contributed by atoms with Crippen LogP contribution in [0.4, 0.5) is 4.39 Å². The molecule has 4 saturated carbocycles. The Kier molecular flexibility index (Phi) is 3.46. The van der Waals surface area contributed by atoms with E-state index in [4.69, 9.17) is 0 Å². The van der Waals surface area contributed by atoms with Crippen LogP contribution < -0.4 is 0 Å². The van der Waals surface area contributed by atoms with Crippen molar-refractivity contribution in [2.75, 3.05) is 0 Å². The number of halogens is 1. The molecule has 4 aliphatic carbocycles. The summed E-state index contributed by atoms with van der Waals surface area (Å²) >= 11 is 0. The highest BCUT2D eigenvalue weighted by Gasteiger charge is 2.61. The second-order valence-electron chi connectivity index (χ2n) is 9.73. The van der Waals surface area contributed by atoms with Crippen LogP contribution in [0.15, 0.2) is 0 Å². The Morgan fingerprint density at radius 1 is 0.955 bits per heavy atom. The first-order valence-corrected chi connectivity index (χ1v) is 9.68. The highest BCUT2D eigenvalue weighted by molar-refractivity contribution is 5.10. The van der Waals surface area contributed by atoms with E-state index in [0.717, 1.165) is 43.4 Å². The van der Waals surface area contributed by atoms with E-state index in [1.54, 1.807) is 0 Å². The van der Waals surface area contributed by atoms with Crippen molar-refractivity contribution in [1.29, 1.82) is 0 Å². The standard InChI is InChI=1S/C20H33FO/c1-12-10-13-4-5-14-15-6-7-18(21)19(15,2)9-8-16(14)20(13,3)11-17(12)22/h12-18,22H,4-11H2,1-3H3/t12?,13?,14-,15-,16+,17?,18?,19-,20-/m0/s1. The predicted molar refractivity (Wildman–Crippen MR) is 87.2 cm³/mol. The lowest BCUT2D eigenvalue weighted by Gasteiger charge is -2.61. The summed E-state index contributed by atoms with van der Waals surface area (Å²) in [5, 5.41) is 10.5. The highest BCUT2D eigenvalue weighted by Crippen LogP contribution is 2.66. The van der Waals surface area contributed by atoms with Gasteiger partial charge in [-0.3, -0.25) is 0 Å². The van der Waals surface area contributed by atoms with Crippen LogP contribution in [0.5, 0.6) is 0 Å². The van der Waals surface area contributed by atoms with Gasteiger partial charge < -0.3 is 5.11 Å². The minimum absolute atomic E-state index is 0.0368. The molecule has 0 heterocycles. The molecule has 1 nitrogen and oxygen atoms in total. The van der Waals surface area contributed by atoms with Crippen LogP contribution in [-0.4, -0.2) is 17.4 Å². The first kappa shape index (κ1) is 15.4. The summed E-state index contributed by atoms with van der Waals surface area (Å²) < 4.78 is 14.5. The van der Waals surface area contributed by atoms with Gasteiger partial charge >= 0.3 is 0 Å². The molecule has 0 radical (unpaired) electrons. The summed E-state index contributed by atoms with van der Waals surface area (Å²) in [5.41, 5.74) is 0.273. The van der Waals surface area contributed by atoms with Crippen LogP contribution in [0, 0.1) is 40.4 Å². The lowest BCUT2D eigenvalue weighted by Crippen LogP contribution is -2.55. The Labute approximate surface area is 135 Å². The van der Waals surface area contributed by atoms with Gasteiger partial charge in [0.15, 0.2) is 0 Å². The zero-order valence-electron chi connectivity index (χ0n) is 14.5. The van der Waals surface area contributed by atoms with Crippen molar-refractivity contribution in [3.63, 3.8) is 0 Å². The van der Waals surface area contributed by atoms with E-state index in [1.807, 2.05) is 0 Å². The summed E-state index contributed by atoms with van der Waals surface area (Å²) in [6.45, 7) is 6.92. The maximum Gasteiger partial charge on any atom is 0.106 e. The molecule has 0 aliphatic heterocycles. The molecular weight excluding hydrogens is 275 g/mol. The van der Waals surface area contributed by atoms with Crippen LogP contribution >= 0.6 is 0 Å². The Bertz CT molecular complexity index is 451. The minimum Gasteiger partial charge on any atom is -0.393 e. The lowest BCUT2D eigenvalue weighted by molar-refractivity contribution is -0.143. The van der Waals surface area contributed by atoms with E-state index in [1.165, 1.54) is 25.7 Å². The number of fused-ring (bicyclic) bond motifs is 5. The first-order valence-electron chi connectivity index (χ1n) is 9.68. The average molecular weight is 308 g/mol. The van der Waals surface area contributed by atoms with Gasteiger partial charge in [0.05, 0.1) is 6.10 Å². The van der Waals surface area contributed by atoms with Crippen molar-refractivity contribution in [2.24, 2.45) is 40.4 Å². The normalized spacial score (nSPS) is 61.2. The quantitative estimate of drug-likeness (QED) is 0.669. The van der Waals surface area contributed by atoms with E-state index in [0.29, 0.717) is 17.3 Å². The summed E-state index contributed by atoms with van der Waals surface area (Å²) in [4.78, 5) is 0. The van der Waals surface area contributed by atoms with Crippen molar-refractivity contribution >= 4 is 0 Å². The van der Waals surface area contributed by atoms with Crippen LogP contribution in [-0.2, 0) is 0 Å².